The number of methoxy groups -OCH3 is 2. The van der Waals surface area contributed by atoms with Crippen molar-refractivity contribution < 1.29 is 48.2 Å². The molecular weight excluding hydrogens is 889 g/mol. The number of aryl methyl sites for hydroxylation is 2. The number of rotatable bonds is 16. The fourth-order valence-electron chi connectivity index (χ4n) is 11.1. The van der Waals surface area contributed by atoms with E-state index in [0.717, 1.165) is 75.3 Å². The number of carbonyl (C=O) groups excluding carboxylic acids is 2. The Kier molecular flexibility index (Phi) is 13.6. The van der Waals surface area contributed by atoms with E-state index in [1.165, 1.54) is 51.1 Å². The van der Waals surface area contributed by atoms with Crippen molar-refractivity contribution in [3.8, 4) is 34.1 Å². The minimum absolute atomic E-state index is 0.0500. The second-order valence-corrected chi connectivity index (χ2v) is 19.6. The summed E-state index contributed by atoms with van der Waals surface area (Å²) in [6.07, 6.45) is 10.7. The number of hydrogen-bond donors (Lipinski definition) is 2. The van der Waals surface area contributed by atoms with Gasteiger partial charge in [0.25, 0.3) is 0 Å². The molecule has 1 heterocycles. The highest BCUT2D eigenvalue weighted by atomic mass is 32.2. The number of carbonyl (C=O) groups is 2. The lowest BCUT2D eigenvalue weighted by molar-refractivity contribution is -0.230. The number of aliphatic hydroxyl groups is 2. The summed E-state index contributed by atoms with van der Waals surface area (Å²) < 4.78 is 35.2. The fourth-order valence-corrected chi connectivity index (χ4v) is 12.1. The van der Waals surface area contributed by atoms with Crippen LogP contribution in [0.25, 0.3) is 28.0 Å². The maximum absolute atomic E-state index is 12.2. The Balaban J connectivity index is 1.16. The zero-order valence-corrected chi connectivity index (χ0v) is 41.0. The largest absolute Gasteiger partial charge is 0.497 e. The minimum atomic E-state index is -2.23. The number of benzene rings is 6. The van der Waals surface area contributed by atoms with Gasteiger partial charge in [-0.15, -0.1) is 0 Å². The summed E-state index contributed by atoms with van der Waals surface area (Å²) in [4.78, 5) is 26.1. The molecule has 2 N–H and O–H groups in total. The van der Waals surface area contributed by atoms with Crippen molar-refractivity contribution in [1.29, 1.82) is 0 Å². The maximum atomic E-state index is 12.2. The van der Waals surface area contributed by atoms with Gasteiger partial charge in [-0.3, -0.25) is 9.59 Å². The summed E-state index contributed by atoms with van der Waals surface area (Å²) in [6, 6.07) is 35.9. The lowest BCUT2D eigenvalue weighted by Gasteiger charge is -2.47. The quantitative estimate of drug-likeness (QED) is 0.0546. The molecule has 69 heavy (non-hydrogen) atoms. The smallest absolute Gasteiger partial charge is 0.313 e. The summed E-state index contributed by atoms with van der Waals surface area (Å²) in [6.45, 7) is 6.85. The second kappa shape index (κ2) is 19.6. The number of hydrogen-bond acceptors (Lipinski definition) is 11. The van der Waals surface area contributed by atoms with E-state index in [1.54, 1.807) is 26.0 Å². The molecule has 358 valence electrons. The molecule has 0 bridgehead atoms. The average Bonchev–Trinajstić information content (AvgIpc) is 3.65. The van der Waals surface area contributed by atoms with Crippen molar-refractivity contribution in [2.24, 2.45) is 5.41 Å². The molecule has 10 nitrogen and oxygen atoms in total. The third-order valence-corrected chi connectivity index (χ3v) is 16.4. The van der Waals surface area contributed by atoms with Crippen molar-refractivity contribution in [2.75, 3.05) is 27.4 Å². The number of fused-ring (bicyclic) bond motifs is 10. The van der Waals surface area contributed by atoms with Crippen LogP contribution in [0.3, 0.4) is 0 Å². The molecule has 11 heteroatoms. The van der Waals surface area contributed by atoms with Crippen LogP contribution < -0.4 is 18.9 Å². The summed E-state index contributed by atoms with van der Waals surface area (Å²) in [5.41, 5.74) is 9.72. The van der Waals surface area contributed by atoms with Crippen molar-refractivity contribution in [3.05, 3.63) is 148 Å². The molecule has 1 unspecified atom stereocenters. The van der Waals surface area contributed by atoms with E-state index in [9.17, 15) is 9.59 Å². The molecular formula is C58H60O10S. The summed E-state index contributed by atoms with van der Waals surface area (Å²) in [5.74, 6) is 1.32. The van der Waals surface area contributed by atoms with Gasteiger partial charge in [0.2, 0.25) is 0 Å². The molecule has 1 fully saturated rings. The Morgan fingerprint density at radius 1 is 0.739 bits per heavy atom. The van der Waals surface area contributed by atoms with Crippen molar-refractivity contribution >= 4 is 40.5 Å². The highest BCUT2D eigenvalue weighted by molar-refractivity contribution is 7.99. The zero-order chi connectivity index (χ0) is 48.5. The lowest BCUT2D eigenvalue weighted by atomic mass is 9.58. The predicted molar refractivity (Wildman–Crippen MR) is 268 cm³/mol. The predicted octanol–water partition coefficient (Wildman–Crippen LogP) is 12.1. The van der Waals surface area contributed by atoms with Crippen LogP contribution in [0.4, 0.5) is 0 Å². The van der Waals surface area contributed by atoms with Gasteiger partial charge in [-0.05, 0) is 126 Å². The lowest BCUT2D eigenvalue weighted by Crippen LogP contribution is -2.38. The van der Waals surface area contributed by atoms with Crippen LogP contribution in [0.2, 0.25) is 0 Å². The number of ether oxygens (including phenoxy) is 6. The van der Waals surface area contributed by atoms with Gasteiger partial charge in [0.15, 0.2) is 5.60 Å². The Morgan fingerprint density at radius 3 is 2.03 bits per heavy atom. The molecule has 1 spiro atoms. The Bertz CT molecular complexity index is 2890. The van der Waals surface area contributed by atoms with Crippen LogP contribution in [0, 0.1) is 19.3 Å². The Hall–Kier alpha value is -6.27. The zero-order valence-electron chi connectivity index (χ0n) is 40.2. The van der Waals surface area contributed by atoms with Crippen LogP contribution >= 0.6 is 11.8 Å². The molecule has 1 saturated carbocycles. The van der Waals surface area contributed by atoms with E-state index in [-0.39, 0.29) is 31.5 Å². The van der Waals surface area contributed by atoms with Gasteiger partial charge < -0.3 is 38.6 Å². The van der Waals surface area contributed by atoms with Crippen LogP contribution in [-0.4, -0.2) is 56.1 Å². The van der Waals surface area contributed by atoms with Crippen molar-refractivity contribution in [2.45, 2.75) is 106 Å². The first kappa shape index (κ1) is 47.8. The average molecular weight is 949 g/mol. The molecule has 9 rings (SSSR count). The molecule has 6 aromatic carbocycles. The third kappa shape index (κ3) is 8.85. The molecule has 0 aromatic heterocycles. The molecule has 6 aromatic rings. The summed E-state index contributed by atoms with van der Waals surface area (Å²) >= 11 is 1.76. The van der Waals surface area contributed by atoms with Gasteiger partial charge in [0.1, 0.15) is 36.2 Å². The molecule has 1 aliphatic heterocycles. The van der Waals surface area contributed by atoms with Gasteiger partial charge in [0, 0.05) is 32.4 Å². The summed E-state index contributed by atoms with van der Waals surface area (Å²) in [7, 11) is 3.41. The van der Waals surface area contributed by atoms with E-state index in [1.807, 2.05) is 36.4 Å². The van der Waals surface area contributed by atoms with Gasteiger partial charge in [0.05, 0.1) is 32.0 Å². The van der Waals surface area contributed by atoms with Gasteiger partial charge in [-0.25, -0.2) is 0 Å². The Morgan fingerprint density at radius 2 is 1.39 bits per heavy atom. The molecule has 2 aliphatic carbocycles. The van der Waals surface area contributed by atoms with Gasteiger partial charge >= 0.3 is 18.4 Å². The van der Waals surface area contributed by atoms with E-state index >= 15 is 0 Å². The highest BCUT2D eigenvalue weighted by Gasteiger charge is 2.51. The molecule has 0 saturated heterocycles. The van der Waals surface area contributed by atoms with E-state index in [4.69, 9.17) is 33.9 Å². The van der Waals surface area contributed by atoms with Crippen LogP contribution in [0.1, 0.15) is 104 Å². The molecule has 0 radical (unpaired) electrons. The van der Waals surface area contributed by atoms with E-state index < -0.39 is 24.0 Å². The Labute approximate surface area is 408 Å². The van der Waals surface area contributed by atoms with Gasteiger partial charge in [-0.2, -0.15) is 0 Å². The number of esters is 2. The molecule has 0 amide bonds. The minimum Gasteiger partial charge on any atom is -0.497 e. The number of aliphatic hydroxyl groups excluding tert-OH is 1. The molecule has 1 atom stereocenters. The highest BCUT2D eigenvalue weighted by Crippen LogP contribution is 2.65. The van der Waals surface area contributed by atoms with Gasteiger partial charge in [-0.1, -0.05) is 111 Å². The summed E-state index contributed by atoms with van der Waals surface area (Å²) in [5, 5.41) is 19.7. The first-order chi connectivity index (χ1) is 33.4. The topological polar surface area (TPSA) is 130 Å². The van der Waals surface area contributed by atoms with E-state index in [2.05, 4.69) is 111 Å². The van der Waals surface area contributed by atoms with Crippen molar-refractivity contribution in [3.63, 3.8) is 0 Å². The van der Waals surface area contributed by atoms with Crippen LogP contribution in [0.15, 0.2) is 119 Å². The third-order valence-electron chi connectivity index (χ3n) is 15.0. The first-order valence-corrected chi connectivity index (χ1v) is 24.7. The molecule has 3 aliphatic rings. The van der Waals surface area contributed by atoms with Crippen molar-refractivity contribution in [1.82, 2.24) is 0 Å². The SMILES string of the molecule is CCC1(CC)CCC2(CC1)c1ccccc1-c1c2c2c(c3cc(OC)c(Sc4c(C)cccc4C)cc13)OC(c1ccc(OC)cc1)(c1ccc(OCCOC(=O)CCC(=O)OC(O)O)cc1)C=C2. The van der Waals surface area contributed by atoms with Crippen LogP contribution in [0.5, 0.6) is 23.0 Å². The second-order valence-electron chi connectivity index (χ2n) is 18.5. The maximum Gasteiger partial charge on any atom is 0.313 e. The van der Waals surface area contributed by atoms with Crippen LogP contribution in [-0.2, 0) is 30.1 Å². The standard InChI is InChI=1S/C58H60O10S/c1-7-56(8-2)28-30-57(31-29-56)46-15-10-9-14-42(46)51-44-35-48(69-54-36(3)12-11-13-37(54)4)47(64-6)34-45(44)53-43(52(51)57)26-27-58(68-53,38-16-20-40(63-5)21-17-38)39-18-22-41(23-19-39)65-32-33-66-49(59)24-25-50(60)67-55(61)62/h9-23,26-27,34-35,55,61-62H,7-8,24-25,28-33H2,1-6H3. The first-order valence-electron chi connectivity index (χ1n) is 23.9. The van der Waals surface area contributed by atoms with E-state index in [0.29, 0.717) is 11.2 Å². The fraction of sp³-hybridized carbons (Fsp3) is 0.345. The monoisotopic (exact) mass is 948 g/mol. The normalized spacial score (nSPS) is 17.2.